The van der Waals surface area contributed by atoms with Crippen molar-refractivity contribution in [1.29, 1.82) is 0 Å². The van der Waals surface area contributed by atoms with Gasteiger partial charge in [-0.15, -0.1) is 0 Å². The fourth-order valence-electron chi connectivity index (χ4n) is 2.24. The fourth-order valence-corrected chi connectivity index (χ4v) is 2.24. The lowest BCUT2D eigenvalue weighted by molar-refractivity contribution is -0.174. The second-order valence-electron chi connectivity index (χ2n) is 4.97. The molecule has 0 fully saturated rings. The first-order valence-electron chi connectivity index (χ1n) is 6.89. The van der Waals surface area contributed by atoms with Gasteiger partial charge in [0.1, 0.15) is 12.4 Å². The van der Waals surface area contributed by atoms with Crippen molar-refractivity contribution in [2.75, 3.05) is 19.8 Å². The number of hydrogen-bond acceptors (Lipinski definition) is 3. The number of alkyl halides is 3. The van der Waals surface area contributed by atoms with Crippen molar-refractivity contribution in [3.63, 3.8) is 0 Å². The van der Waals surface area contributed by atoms with E-state index in [1.54, 1.807) is 12.1 Å². The van der Waals surface area contributed by atoms with Crippen LogP contribution in [0.15, 0.2) is 18.2 Å². The molecule has 116 valence electrons. The van der Waals surface area contributed by atoms with Gasteiger partial charge in [0.15, 0.2) is 5.78 Å². The van der Waals surface area contributed by atoms with E-state index in [2.05, 4.69) is 4.74 Å². The lowest BCUT2D eigenvalue weighted by atomic mass is 9.90. The van der Waals surface area contributed by atoms with Crippen LogP contribution in [-0.2, 0) is 11.2 Å². The van der Waals surface area contributed by atoms with Crippen LogP contribution < -0.4 is 4.74 Å². The molecule has 0 bridgehead atoms. The van der Waals surface area contributed by atoms with Gasteiger partial charge >= 0.3 is 6.18 Å². The number of carbonyl (C=O) groups is 1. The SMILES string of the molecule is O=C1CCCc2ccc(OCCCOCC(F)(F)F)cc21. The van der Waals surface area contributed by atoms with Gasteiger partial charge in [0, 0.05) is 18.4 Å². The number of Topliss-reactive ketones (excluding diaryl/α,β-unsaturated/α-hetero) is 1. The Balaban J connectivity index is 1.74. The van der Waals surface area contributed by atoms with E-state index >= 15 is 0 Å². The highest BCUT2D eigenvalue weighted by molar-refractivity contribution is 5.98. The van der Waals surface area contributed by atoms with Crippen LogP contribution in [0.2, 0.25) is 0 Å². The summed E-state index contributed by atoms with van der Waals surface area (Å²) < 4.78 is 45.4. The molecule has 1 aliphatic rings. The summed E-state index contributed by atoms with van der Waals surface area (Å²) in [6.07, 6.45) is -1.60. The van der Waals surface area contributed by atoms with Gasteiger partial charge in [-0.05, 0) is 30.5 Å². The summed E-state index contributed by atoms with van der Waals surface area (Å²) in [6.45, 7) is -0.992. The second-order valence-corrected chi connectivity index (χ2v) is 4.97. The number of aryl methyl sites for hydroxylation is 1. The highest BCUT2D eigenvalue weighted by atomic mass is 19.4. The molecule has 0 saturated heterocycles. The van der Waals surface area contributed by atoms with Crippen molar-refractivity contribution >= 4 is 5.78 Å². The number of benzene rings is 1. The molecule has 0 saturated carbocycles. The first-order valence-corrected chi connectivity index (χ1v) is 6.89. The molecule has 0 N–H and O–H groups in total. The van der Waals surface area contributed by atoms with Gasteiger partial charge < -0.3 is 9.47 Å². The smallest absolute Gasteiger partial charge is 0.411 e. The van der Waals surface area contributed by atoms with Gasteiger partial charge in [-0.3, -0.25) is 4.79 Å². The number of ether oxygens (including phenoxy) is 2. The molecule has 1 aliphatic carbocycles. The summed E-state index contributed by atoms with van der Waals surface area (Å²) in [5, 5.41) is 0. The zero-order valence-electron chi connectivity index (χ0n) is 11.5. The average Bonchev–Trinajstić information content (AvgIpc) is 2.42. The van der Waals surface area contributed by atoms with Crippen LogP contribution in [0.5, 0.6) is 5.75 Å². The number of hydrogen-bond donors (Lipinski definition) is 0. The van der Waals surface area contributed by atoms with Crippen molar-refractivity contribution in [2.24, 2.45) is 0 Å². The van der Waals surface area contributed by atoms with Gasteiger partial charge in [-0.1, -0.05) is 6.07 Å². The third kappa shape index (κ3) is 5.04. The van der Waals surface area contributed by atoms with Crippen LogP contribution >= 0.6 is 0 Å². The minimum absolute atomic E-state index is 0.0105. The molecule has 6 heteroatoms. The molecule has 0 atom stereocenters. The summed E-state index contributed by atoms with van der Waals surface area (Å²) >= 11 is 0. The van der Waals surface area contributed by atoms with Crippen molar-refractivity contribution in [3.8, 4) is 5.75 Å². The molecule has 0 unspecified atom stereocenters. The zero-order valence-corrected chi connectivity index (χ0v) is 11.5. The molecule has 0 aliphatic heterocycles. The quantitative estimate of drug-likeness (QED) is 0.754. The number of fused-ring (bicyclic) bond motifs is 1. The van der Waals surface area contributed by atoms with E-state index in [0.29, 0.717) is 24.2 Å². The molecule has 3 nitrogen and oxygen atoms in total. The first-order chi connectivity index (χ1) is 9.96. The average molecular weight is 302 g/mol. The Hall–Kier alpha value is -1.56. The van der Waals surface area contributed by atoms with Crippen LogP contribution in [0.3, 0.4) is 0 Å². The molecule has 0 aromatic heterocycles. The van der Waals surface area contributed by atoms with E-state index < -0.39 is 12.8 Å². The van der Waals surface area contributed by atoms with E-state index in [-0.39, 0.29) is 19.0 Å². The van der Waals surface area contributed by atoms with Crippen molar-refractivity contribution in [1.82, 2.24) is 0 Å². The highest BCUT2D eigenvalue weighted by Gasteiger charge is 2.27. The normalized spacial score (nSPS) is 14.9. The Labute approximate surface area is 121 Å². The molecular weight excluding hydrogens is 285 g/mol. The predicted molar refractivity (Wildman–Crippen MR) is 70.7 cm³/mol. The van der Waals surface area contributed by atoms with Crippen LogP contribution in [0.4, 0.5) is 13.2 Å². The van der Waals surface area contributed by atoms with Crippen LogP contribution in [0.25, 0.3) is 0 Å². The standard InChI is InChI=1S/C15H17F3O3/c16-15(17,18)10-20-7-2-8-21-12-6-5-11-3-1-4-14(19)13(11)9-12/h5-6,9H,1-4,7-8,10H2. The Kier molecular flexibility index (Phi) is 5.22. The van der Waals surface area contributed by atoms with E-state index in [0.717, 1.165) is 18.4 Å². The monoisotopic (exact) mass is 302 g/mol. The van der Waals surface area contributed by atoms with Gasteiger partial charge in [-0.2, -0.15) is 13.2 Å². The van der Waals surface area contributed by atoms with Crippen molar-refractivity contribution in [2.45, 2.75) is 31.9 Å². The van der Waals surface area contributed by atoms with E-state index in [4.69, 9.17) is 4.74 Å². The van der Waals surface area contributed by atoms with Crippen LogP contribution in [-0.4, -0.2) is 31.8 Å². The summed E-state index contributed by atoms with van der Waals surface area (Å²) in [5.74, 6) is 0.690. The van der Waals surface area contributed by atoms with Crippen molar-refractivity contribution < 1.29 is 27.4 Å². The van der Waals surface area contributed by atoms with Crippen molar-refractivity contribution in [3.05, 3.63) is 29.3 Å². The third-order valence-corrected chi connectivity index (χ3v) is 3.20. The number of halogens is 3. The first kappa shape index (κ1) is 15.8. The van der Waals surface area contributed by atoms with Gasteiger partial charge in [0.2, 0.25) is 0 Å². The molecule has 2 rings (SSSR count). The maximum atomic E-state index is 11.8. The Morgan fingerprint density at radius 3 is 2.71 bits per heavy atom. The van der Waals surface area contributed by atoms with Gasteiger partial charge in [0.05, 0.1) is 13.2 Å². The maximum absolute atomic E-state index is 11.8. The molecule has 0 heterocycles. The minimum atomic E-state index is -4.29. The number of carbonyl (C=O) groups excluding carboxylic acids is 1. The van der Waals surface area contributed by atoms with Gasteiger partial charge in [-0.25, -0.2) is 0 Å². The summed E-state index contributed by atoms with van der Waals surface area (Å²) in [4.78, 5) is 11.8. The van der Waals surface area contributed by atoms with Crippen LogP contribution in [0, 0.1) is 0 Å². The summed E-state index contributed by atoms with van der Waals surface area (Å²) in [5.41, 5.74) is 1.74. The molecule has 0 spiro atoms. The van der Waals surface area contributed by atoms with Gasteiger partial charge in [0.25, 0.3) is 0 Å². The Bertz CT molecular complexity index is 497. The topological polar surface area (TPSA) is 35.5 Å². The maximum Gasteiger partial charge on any atom is 0.411 e. The van der Waals surface area contributed by atoms with E-state index in [1.807, 2.05) is 6.07 Å². The largest absolute Gasteiger partial charge is 0.493 e. The molecule has 0 amide bonds. The van der Waals surface area contributed by atoms with Crippen LogP contribution in [0.1, 0.15) is 35.2 Å². The number of rotatable bonds is 6. The fraction of sp³-hybridized carbons (Fsp3) is 0.533. The highest BCUT2D eigenvalue weighted by Crippen LogP contribution is 2.25. The summed E-state index contributed by atoms with van der Waals surface area (Å²) in [6, 6.07) is 5.38. The molecule has 0 radical (unpaired) electrons. The number of ketones is 1. The lowest BCUT2D eigenvalue weighted by Gasteiger charge is -2.16. The Morgan fingerprint density at radius 2 is 1.95 bits per heavy atom. The second kappa shape index (κ2) is 6.93. The Morgan fingerprint density at radius 1 is 1.14 bits per heavy atom. The summed E-state index contributed by atoms with van der Waals surface area (Å²) in [7, 11) is 0. The molecular formula is C15H17F3O3. The van der Waals surface area contributed by atoms with E-state index in [1.165, 1.54) is 0 Å². The third-order valence-electron chi connectivity index (χ3n) is 3.20. The molecule has 1 aromatic carbocycles. The molecule has 1 aromatic rings. The molecule has 21 heavy (non-hydrogen) atoms. The lowest BCUT2D eigenvalue weighted by Crippen LogP contribution is -2.18. The minimum Gasteiger partial charge on any atom is -0.493 e. The zero-order chi connectivity index (χ0) is 15.3. The van der Waals surface area contributed by atoms with E-state index in [9.17, 15) is 18.0 Å². The predicted octanol–water partition coefficient (Wildman–Crippen LogP) is 3.55.